The molecule has 1 aliphatic carbocycles. The largest absolute Gasteiger partial charge is 0.494 e. The molecule has 1 aliphatic rings. The second-order valence-corrected chi connectivity index (χ2v) is 5.22. The molecule has 0 radical (unpaired) electrons. The zero-order valence-corrected chi connectivity index (χ0v) is 12.3. The number of halogens is 1. The van der Waals surface area contributed by atoms with Crippen LogP contribution < -0.4 is 19.9 Å². The first-order chi connectivity index (χ1) is 9.57. The Morgan fingerprint density at radius 2 is 1.60 bits per heavy atom. The van der Waals surface area contributed by atoms with Crippen LogP contribution in [0.1, 0.15) is 37.7 Å². The summed E-state index contributed by atoms with van der Waals surface area (Å²) in [6.45, 7) is 0. The van der Waals surface area contributed by atoms with Gasteiger partial charge in [-0.2, -0.15) is 0 Å². The summed E-state index contributed by atoms with van der Waals surface area (Å²) in [4.78, 5) is 0. The van der Waals surface area contributed by atoms with Crippen molar-refractivity contribution in [3.63, 3.8) is 0 Å². The highest BCUT2D eigenvalue weighted by atomic mass is 19.1. The second kappa shape index (κ2) is 5.87. The van der Waals surface area contributed by atoms with Crippen molar-refractivity contribution in [3.05, 3.63) is 17.4 Å². The molecule has 5 heteroatoms. The first kappa shape index (κ1) is 14.9. The van der Waals surface area contributed by atoms with Gasteiger partial charge in [-0.3, -0.25) is 0 Å². The van der Waals surface area contributed by atoms with Crippen molar-refractivity contribution in [1.82, 2.24) is 0 Å². The number of hydrogen-bond donors (Lipinski definition) is 1. The van der Waals surface area contributed by atoms with E-state index in [2.05, 4.69) is 0 Å². The van der Waals surface area contributed by atoms with E-state index in [1.54, 1.807) is 0 Å². The molecule has 1 aromatic rings. The van der Waals surface area contributed by atoms with E-state index in [1.807, 2.05) is 0 Å². The average Bonchev–Trinajstić information content (AvgIpc) is 2.47. The molecule has 1 saturated carbocycles. The molecule has 0 bridgehead atoms. The van der Waals surface area contributed by atoms with Crippen LogP contribution in [0.5, 0.6) is 17.2 Å². The lowest BCUT2D eigenvalue weighted by atomic mass is 9.76. The molecule has 0 aliphatic heterocycles. The summed E-state index contributed by atoms with van der Waals surface area (Å²) in [6.07, 6.45) is 4.56. The molecular formula is C15H22FNO3. The molecule has 112 valence electrons. The van der Waals surface area contributed by atoms with E-state index in [9.17, 15) is 4.39 Å². The van der Waals surface area contributed by atoms with E-state index in [1.165, 1.54) is 27.4 Å². The van der Waals surface area contributed by atoms with Gasteiger partial charge in [-0.15, -0.1) is 0 Å². The smallest absolute Gasteiger partial charge is 0.174 e. The minimum atomic E-state index is -0.727. The normalized spacial score (nSPS) is 17.6. The van der Waals surface area contributed by atoms with E-state index in [0.29, 0.717) is 17.1 Å². The van der Waals surface area contributed by atoms with Gasteiger partial charge in [-0.1, -0.05) is 19.3 Å². The molecule has 0 amide bonds. The van der Waals surface area contributed by atoms with E-state index in [-0.39, 0.29) is 5.75 Å². The van der Waals surface area contributed by atoms with E-state index in [4.69, 9.17) is 19.9 Å². The summed E-state index contributed by atoms with van der Waals surface area (Å²) in [5.41, 5.74) is 6.12. The molecule has 20 heavy (non-hydrogen) atoms. The zero-order chi connectivity index (χ0) is 14.8. The second-order valence-electron chi connectivity index (χ2n) is 5.22. The van der Waals surface area contributed by atoms with Crippen LogP contribution in [0, 0.1) is 5.82 Å². The van der Waals surface area contributed by atoms with E-state index in [0.717, 1.165) is 32.1 Å². The van der Waals surface area contributed by atoms with Crippen LogP contribution in [0.4, 0.5) is 4.39 Å². The topological polar surface area (TPSA) is 53.7 Å². The standard InChI is InChI=1S/C15H22FNO3/c1-18-10-9-11(19-2)14(20-3)12(13(10)16)15(17)7-5-4-6-8-15/h9H,4-8,17H2,1-3H3. The molecule has 4 nitrogen and oxygen atoms in total. The fourth-order valence-electron chi connectivity index (χ4n) is 2.97. The van der Waals surface area contributed by atoms with Crippen molar-refractivity contribution < 1.29 is 18.6 Å². The predicted octanol–water partition coefficient (Wildman–Crippen LogP) is 2.97. The molecule has 0 saturated heterocycles. The molecule has 0 heterocycles. The Bertz CT molecular complexity index is 484. The molecule has 2 N–H and O–H groups in total. The van der Waals surface area contributed by atoms with Crippen LogP contribution in [-0.4, -0.2) is 21.3 Å². The van der Waals surface area contributed by atoms with Gasteiger partial charge in [-0.25, -0.2) is 4.39 Å². The van der Waals surface area contributed by atoms with Crippen LogP contribution in [0.15, 0.2) is 6.07 Å². The van der Waals surface area contributed by atoms with Gasteiger partial charge in [0, 0.05) is 11.6 Å². The minimum absolute atomic E-state index is 0.132. The fraction of sp³-hybridized carbons (Fsp3) is 0.600. The number of benzene rings is 1. The monoisotopic (exact) mass is 283 g/mol. The van der Waals surface area contributed by atoms with Crippen molar-refractivity contribution >= 4 is 0 Å². The van der Waals surface area contributed by atoms with E-state index >= 15 is 0 Å². The van der Waals surface area contributed by atoms with Crippen molar-refractivity contribution in [2.45, 2.75) is 37.6 Å². The average molecular weight is 283 g/mol. The third-order valence-electron chi connectivity index (χ3n) is 4.04. The van der Waals surface area contributed by atoms with Crippen molar-refractivity contribution in [2.75, 3.05) is 21.3 Å². The zero-order valence-electron chi connectivity index (χ0n) is 12.3. The number of ether oxygens (including phenoxy) is 3. The fourth-order valence-corrected chi connectivity index (χ4v) is 2.97. The third kappa shape index (κ3) is 2.42. The summed E-state index contributed by atoms with van der Waals surface area (Å²) >= 11 is 0. The number of hydrogen-bond acceptors (Lipinski definition) is 4. The molecule has 0 spiro atoms. The molecule has 1 aromatic carbocycles. The van der Waals surface area contributed by atoms with Gasteiger partial charge in [0.25, 0.3) is 0 Å². The Morgan fingerprint density at radius 1 is 1.00 bits per heavy atom. The summed E-state index contributed by atoms with van der Waals surface area (Å²) in [5, 5.41) is 0. The lowest BCUT2D eigenvalue weighted by Crippen LogP contribution is -2.40. The van der Waals surface area contributed by atoms with Crippen molar-refractivity contribution in [1.29, 1.82) is 0 Å². The maximum atomic E-state index is 14.7. The number of nitrogens with two attached hydrogens (primary N) is 1. The molecule has 0 unspecified atom stereocenters. The minimum Gasteiger partial charge on any atom is -0.494 e. The van der Waals surface area contributed by atoms with Crippen LogP contribution in [0.25, 0.3) is 0 Å². The van der Waals surface area contributed by atoms with Gasteiger partial charge in [0.1, 0.15) is 0 Å². The van der Waals surface area contributed by atoms with Crippen LogP contribution in [0.3, 0.4) is 0 Å². The first-order valence-corrected chi connectivity index (χ1v) is 6.85. The van der Waals surface area contributed by atoms with Crippen molar-refractivity contribution in [2.24, 2.45) is 5.73 Å². The highest BCUT2D eigenvalue weighted by Gasteiger charge is 2.37. The Kier molecular flexibility index (Phi) is 4.38. The maximum Gasteiger partial charge on any atom is 0.174 e. The molecule has 2 rings (SSSR count). The highest BCUT2D eigenvalue weighted by molar-refractivity contribution is 5.55. The van der Waals surface area contributed by atoms with Gasteiger partial charge in [0.15, 0.2) is 23.1 Å². The summed E-state index contributed by atoms with van der Waals surface area (Å²) in [6, 6.07) is 1.49. The van der Waals surface area contributed by atoms with Crippen molar-refractivity contribution in [3.8, 4) is 17.2 Å². The summed E-state index contributed by atoms with van der Waals surface area (Å²) in [7, 11) is 4.45. The highest BCUT2D eigenvalue weighted by Crippen LogP contribution is 2.47. The molecular weight excluding hydrogens is 261 g/mol. The predicted molar refractivity (Wildman–Crippen MR) is 75.0 cm³/mol. The Labute approximate surface area is 119 Å². The first-order valence-electron chi connectivity index (χ1n) is 6.85. The van der Waals surface area contributed by atoms with Gasteiger partial charge >= 0.3 is 0 Å². The summed E-state index contributed by atoms with van der Waals surface area (Å²) in [5.74, 6) is 0.494. The third-order valence-corrected chi connectivity index (χ3v) is 4.04. The van der Waals surface area contributed by atoms with Gasteiger partial charge in [0.05, 0.1) is 26.9 Å². The quantitative estimate of drug-likeness (QED) is 0.923. The Hall–Kier alpha value is -1.49. The lowest BCUT2D eigenvalue weighted by molar-refractivity contribution is 0.266. The van der Waals surface area contributed by atoms with Gasteiger partial charge < -0.3 is 19.9 Å². The van der Waals surface area contributed by atoms with Crippen LogP contribution >= 0.6 is 0 Å². The van der Waals surface area contributed by atoms with Crippen LogP contribution in [-0.2, 0) is 5.54 Å². The Balaban J connectivity index is 2.64. The van der Waals surface area contributed by atoms with Gasteiger partial charge in [0.2, 0.25) is 0 Å². The Morgan fingerprint density at radius 3 is 2.10 bits per heavy atom. The SMILES string of the molecule is COc1cc(OC)c(OC)c(C2(N)CCCCC2)c1F. The maximum absolute atomic E-state index is 14.7. The number of rotatable bonds is 4. The number of methoxy groups -OCH3 is 3. The molecule has 0 aromatic heterocycles. The van der Waals surface area contributed by atoms with Gasteiger partial charge in [-0.05, 0) is 12.8 Å². The summed E-state index contributed by atoms with van der Waals surface area (Å²) < 4.78 is 30.5. The van der Waals surface area contributed by atoms with Crippen LogP contribution in [0.2, 0.25) is 0 Å². The molecule has 1 fully saturated rings. The lowest BCUT2D eigenvalue weighted by Gasteiger charge is -2.35. The van der Waals surface area contributed by atoms with E-state index < -0.39 is 11.4 Å². The molecule has 0 atom stereocenters.